The Hall–Kier alpha value is -4.96. The molecule has 0 aromatic heterocycles. The van der Waals surface area contributed by atoms with Crippen molar-refractivity contribution in [2.45, 2.75) is 32.5 Å². The maximum atomic E-state index is 6.45. The second-order valence-electron chi connectivity index (χ2n) is 13.2. The first-order valence-corrected chi connectivity index (χ1v) is 16.2. The molecule has 3 heteroatoms. The predicted molar refractivity (Wildman–Crippen MR) is 196 cm³/mol. The molecule has 46 heavy (non-hydrogen) atoms. The van der Waals surface area contributed by atoms with Crippen LogP contribution >= 0.6 is 0 Å². The molecule has 8 aromatic rings. The van der Waals surface area contributed by atoms with Gasteiger partial charge in [0.1, 0.15) is 0 Å². The third-order valence-electron chi connectivity index (χ3n) is 10.1. The van der Waals surface area contributed by atoms with Crippen LogP contribution in [0.15, 0.2) is 140 Å². The van der Waals surface area contributed by atoms with E-state index in [1.54, 1.807) is 0 Å². The van der Waals surface area contributed by atoms with Crippen molar-refractivity contribution in [3.05, 3.63) is 140 Å². The minimum atomic E-state index is -0.409. The first-order chi connectivity index (χ1) is 22.5. The van der Waals surface area contributed by atoms with Crippen molar-refractivity contribution in [3.63, 3.8) is 0 Å². The largest absolute Gasteiger partial charge is 0.494 e. The van der Waals surface area contributed by atoms with Crippen LogP contribution in [0.2, 0.25) is 0 Å². The Morgan fingerprint density at radius 1 is 0.457 bits per heavy atom. The van der Waals surface area contributed by atoms with E-state index < -0.39 is 7.12 Å². The van der Waals surface area contributed by atoms with Crippen molar-refractivity contribution in [3.8, 4) is 22.3 Å². The number of fused-ring (bicyclic) bond motifs is 7. The SMILES string of the molecule is CC1OB(c2ccc3c(c2)c(-c2cccc4ccccc24)cc2c4ccccc4c(-c4cccc5ccccc45)cc32)OC1(C)C. The van der Waals surface area contributed by atoms with E-state index in [1.807, 2.05) is 0 Å². The van der Waals surface area contributed by atoms with Crippen LogP contribution in [-0.4, -0.2) is 18.8 Å². The zero-order valence-electron chi connectivity index (χ0n) is 26.3. The summed E-state index contributed by atoms with van der Waals surface area (Å²) in [6.07, 6.45) is -0.00282. The first-order valence-electron chi connectivity index (χ1n) is 16.2. The van der Waals surface area contributed by atoms with Gasteiger partial charge in [0.05, 0.1) is 11.7 Å². The van der Waals surface area contributed by atoms with Gasteiger partial charge in [-0.1, -0.05) is 127 Å². The molecule has 0 amide bonds. The van der Waals surface area contributed by atoms with Gasteiger partial charge in [-0.2, -0.15) is 0 Å². The molecule has 1 aliphatic heterocycles. The normalized spacial score (nSPS) is 16.3. The van der Waals surface area contributed by atoms with Gasteiger partial charge in [-0.15, -0.1) is 0 Å². The average molecular weight is 593 g/mol. The van der Waals surface area contributed by atoms with Crippen LogP contribution in [0.3, 0.4) is 0 Å². The van der Waals surface area contributed by atoms with Gasteiger partial charge in [0.15, 0.2) is 0 Å². The van der Waals surface area contributed by atoms with Crippen molar-refractivity contribution >= 4 is 66.4 Å². The van der Waals surface area contributed by atoms with E-state index in [1.165, 1.54) is 76.1 Å². The summed E-state index contributed by atoms with van der Waals surface area (Å²) in [6.45, 7) is 6.30. The number of hydrogen-bond donors (Lipinski definition) is 0. The Morgan fingerprint density at radius 3 is 1.54 bits per heavy atom. The minimum absolute atomic E-state index is 0.00282. The molecule has 9 rings (SSSR count). The summed E-state index contributed by atoms with van der Waals surface area (Å²) in [5, 5.41) is 12.4. The van der Waals surface area contributed by atoms with Crippen LogP contribution in [0.25, 0.3) is 76.1 Å². The van der Waals surface area contributed by atoms with Gasteiger partial charge >= 0.3 is 7.12 Å². The lowest BCUT2D eigenvalue weighted by Gasteiger charge is -2.21. The van der Waals surface area contributed by atoms with E-state index in [0.717, 1.165) is 5.46 Å². The lowest BCUT2D eigenvalue weighted by molar-refractivity contribution is 0.0842. The second kappa shape index (κ2) is 10.3. The highest BCUT2D eigenvalue weighted by Gasteiger charge is 2.44. The molecule has 1 atom stereocenters. The van der Waals surface area contributed by atoms with Gasteiger partial charge in [-0.3, -0.25) is 0 Å². The summed E-state index contributed by atoms with van der Waals surface area (Å²) in [5.74, 6) is 0. The molecular weight excluding hydrogens is 559 g/mol. The topological polar surface area (TPSA) is 18.5 Å². The first kappa shape index (κ1) is 27.4. The smallest absolute Gasteiger partial charge is 0.402 e. The highest BCUT2D eigenvalue weighted by atomic mass is 16.7. The molecule has 1 aliphatic rings. The van der Waals surface area contributed by atoms with Crippen molar-refractivity contribution in [1.29, 1.82) is 0 Å². The van der Waals surface area contributed by atoms with Gasteiger partial charge < -0.3 is 9.31 Å². The lowest BCUT2D eigenvalue weighted by atomic mass is 9.76. The summed E-state index contributed by atoms with van der Waals surface area (Å²) in [6, 6.07) is 51.1. The van der Waals surface area contributed by atoms with Gasteiger partial charge in [0.2, 0.25) is 0 Å². The highest BCUT2D eigenvalue weighted by molar-refractivity contribution is 6.62. The maximum absolute atomic E-state index is 6.45. The Kier molecular flexibility index (Phi) is 6.12. The van der Waals surface area contributed by atoms with E-state index in [-0.39, 0.29) is 11.7 Å². The van der Waals surface area contributed by atoms with Gasteiger partial charge in [0, 0.05) is 0 Å². The van der Waals surface area contributed by atoms with E-state index in [9.17, 15) is 0 Å². The van der Waals surface area contributed by atoms with Crippen LogP contribution in [-0.2, 0) is 9.31 Å². The molecule has 0 saturated carbocycles. The monoisotopic (exact) mass is 592 g/mol. The molecule has 1 fully saturated rings. The Bertz CT molecular complexity index is 2480. The molecule has 0 aliphatic carbocycles. The summed E-state index contributed by atoms with van der Waals surface area (Å²) >= 11 is 0. The molecule has 1 heterocycles. The molecule has 0 radical (unpaired) electrons. The number of hydrogen-bond acceptors (Lipinski definition) is 2. The zero-order valence-corrected chi connectivity index (χ0v) is 26.3. The molecule has 220 valence electrons. The molecular formula is C43H33BO2. The van der Waals surface area contributed by atoms with Crippen LogP contribution in [0.4, 0.5) is 0 Å². The van der Waals surface area contributed by atoms with Gasteiger partial charge in [-0.25, -0.2) is 0 Å². The Balaban J connectivity index is 1.40. The second-order valence-corrected chi connectivity index (χ2v) is 13.2. The van der Waals surface area contributed by atoms with E-state index in [4.69, 9.17) is 9.31 Å². The molecule has 0 bridgehead atoms. The third-order valence-corrected chi connectivity index (χ3v) is 10.1. The summed E-state index contributed by atoms with van der Waals surface area (Å²) in [7, 11) is -0.409. The fourth-order valence-corrected chi connectivity index (χ4v) is 7.43. The maximum Gasteiger partial charge on any atom is 0.494 e. The molecule has 1 saturated heterocycles. The zero-order chi connectivity index (χ0) is 31.0. The fourth-order valence-electron chi connectivity index (χ4n) is 7.43. The van der Waals surface area contributed by atoms with Crippen LogP contribution in [0.1, 0.15) is 20.8 Å². The predicted octanol–water partition coefficient (Wildman–Crippen LogP) is 10.7. The van der Waals surface area contributed by atoms with Crippen LogP contribution in [0, 0.1) is 0 Å². The average Bonchev–Trinajstić information content (AvgIpc) is 3.38. The van der Waals surface area contributed by atoms with Crippen molar-refractivity contribution in [1.82, 2.24) is 0 Å². The molecule has 0 N–H and O–H groups in total. The van der Waals surface area contributed by atoms with E-state index in [0.29, 0.717) is 0 Å². The Morgan fingerprint density at radius 2 is 0.957 bits per heavy atom. The fraction of sp³-hybridized carbons (Fsp3) is 0.116. The molecule has 2 nitrogen and oxygen atoms in total. The summed E-state index contributed by atoms with van der Waals surface area (Å²) in [5.41, 5.74) is 5.64. The summed E-state index contributed by atoms with van der Waals surface area (Å²) in [4.78, 5) is 0. The Labute approximate surface area is 269 Å². The number of rotatable bonds is 3. The number of benzene rings is 8. The van der Waals surface area contributed by atoms with Crippen molar-refractivity contribution in [2.24, 2.45) is 0 Å². The van der Waals surface area contributed by atoms with E-state index in [2.05, 4.69) is 160 Å². The standard InChI is InChI=1S/C43H33BO2/c1-27-43(2,3)46-44(45-27)30-22-23-37-38(24-30)40(34-21-11-15-29-13-5-7-17-32(29)34)26-41-36-19-9-8-18-35(36)39(25-42(37)41)33-20-10-14-28-12-4-6-16-31(28)33/h4-27H,1-3H3. The molecule has 0 spiro atoms. The van der Waals surface area contributed by atoms with Crippen molar-refractivity contribution < 1.29 is 9.31 Å². The van der Waals surface area contributed by atoms with Gasteiger partial charge in [-0.05, 0) is 114 Å². The highest BCUT2D eigenvalue weighted by Crippen LogP contribution is 2.44. The van der Waals surface area contributed by atoms with E-state index >= 15 is 0 Å². The quantitative estimate of drug-likeness (QED) is 0.150. The summed E-state index contributed by atoms with van der Waals surface area (Å²) < 4.78 is 12.8. The van der Waals surface area contributed by atoms with Gasteiger partial charge in [0.25, 0.3) is 0 Å². The van der Waals surface area contributed by atoms with Crippen molar-refractivity contribution in [2.75, 3.05) is 0 Å². The molecule has 1 unspecified atom stereocenters. The minimum Gasteiger partial charge on any atom is -0.402 e. The van der Waals surface area contributed by atoms with Crippen LogP contribution in [0.5, 0.6) is 0 Å². The third kappa shape index (κ3) is 4.20. The lowest BCUT2D eigenvalue weighted by Crippen LogP contribution is -2.34. The molecule has 8 aromatic carbocycles. The van der Waals surface area contributed by atoms with Crippen LogP contribution < -0.4 is 5.46 Å².